The van der Waals surface area contributed by atoms with Gasteiger partial charge in [-0.3, -0.25) is 0 Å². The fourth-order valence-electron chi connectivity index (χ4n) is 3.03. The van der Waals surface area contributed by atoms with Crippen molar-refractivity contribution < 1.29 is 8.78 Å². The third kappa shape index (κ3) is 4.00. The van der Waals surface area contributed by atoms with Crippen molar-refractivity contribution in [2.24, 2.45) is 5.92 Å². The van der Waals surface area contributed by atoms with Gasteiger partial charge in [-0.1, -0.05) is 19.8 Å². The summed E-state index contributed by atoms with van der Waals surface area (Å²) in [4.78, 5) is 0. The van der Waals surface area contributed by atoms with Crippen molar-refractivity contribution in [2.75, 3.05) is 6.54 Å². The van der Waals surface area contributed by atoms with Gasteiger partial charge < -0.3 is 5.32 Å². The van der Waals surface area contributed by atoms with Crippen LogP contribution < -0.4 is 5.32 Å². The van der Waals surface area contributed by atoms with E-state index in [1.165, 1.54) is 43.9 Å². The lowest BCUT2D eigenvalue weighted by atomic mass is 9.92. The van der Waals surface area contributed by atoms with E-state index in [0.29, 0.717) is 17.9 Å². The second-order valence-electron chi connectivity index (χ2n) is 5.55. The van der Waals surface area contributed by atoms with Crippen LogP contribution in [0, 0.1) is 17.6 Å². The molecule has 1 fully saturated rings. The molecule has 3 heteroatoms. The molecule has 1 aromatic rings. The van der Waals surface area contributed by atoms with Gasteiger partial charge in [0.25, 0.3) is 0 Å². The fourth-order valence-corrected chi connectivity index (χ4v) is 3.03. The third-order valence-corrected chi connectivity index (χ3v) is 4.07. The predicted molar refractivity (Wildman–Crippen MR) is 74.1 cm³/mol. The van der Waals surface area contributed by atoms with Gasteiger partial charge in [0.2, 0.25) is 0 Å². The number of nitrogens with one attached hydrogen (secondary N) is 1. The molecular weight excluding hydrogens is 244 g/mol. The summed E-state index contributed by atoms with van der Waals surface area (Å²) in [7, 11) is 0. The van der Waals surface area contributed by atoms with Crippen molar-refractivity contribution in [3.05, 3.63) is 35.4 Å². The fraction of sp³-hybridized carbons (Fsp3) is 0.625. The average Bonchev–Trinajstić information content (AvgIpc) is 2.92. The highest BCUT2D eigenvalue weighted by Crippen LogP contribution is 2.29. The van der Waals surface area contributed by atoms with Crippen LogP contribution in [0.2, 0.25) is 0 Å². The first-order valence-corrected chi connectivity index (χ1v) is 7.38. The van der Waals surface area contributed by atoms with Crippen LogP contribution in [0.3, 0.4) is 0 Å². The van der Waals surface area contributed by atoms with Crippen LogP contribution in [0.1, 0.15) is 44.6 Å². The van der Waals surface area contributed by atoms with E-state index in [9.17, 15) is 8.78 Å². The van der Waals surface area contributed by atoms with Gasteiger partial charge in [-0.25, -0.2) is 8.78 Å². The first kappa shape index (κ1) is 14.4. The summed E-state index contributed by atoms with van der Waals surface area (Å²) in [6.45, 7) is 3.07. The first-order valence-electron chi connectivity index (χ1n) is 7.38. The molecule has 19 heavy (non-hydrogen) atoms. The summed E-state index contributed by atoms with van der Waals surface area (Å²) in [6, 6.07) is 4.03. The van der Waals surface area contributed by atoms with Crippen LogP contribution in [-0.4, -0.2) is 12.6 Å². The Morgan fingerprint density at radius 2 is 2.00 bits per heavy atom. The molecule has 0 radical (unpaired) electrons. The van der Waals surface area contributed by atoms with Crippen molar-refractivity contribution in [1.29, 1.82) is 0 Å². The summed E-state index contributed by atoms with van der Waals surface area (Å²) < 4.78 is 27.0. The molecule has 0 bridgehead atoms. The van der Waals surface area contributed by atoms with Crippen molar-refractivity contribution >= 4 is 0 Å². The zero-order chi connectivity index (χ0) is 13.7. The largest absolute Gasteiger partial charge is 0.313 e. The molecule has 1 unspecified atom stereocenters. The lowest BCUT2D eigenvalue weighted by molar-refractivity contribution is 0.353. The van der Waals surface area contributed by atoms with Crippen LogP contribution in [0.25, 0.3) is 0 Å². The predicted octanol–water partition coefficient (Wildman–Crippen LogP) is 4.07. The van der Waals surface area contributed by atoms with Gasteiger partial charge >= 0.3 is 0 Å². The van der Waals surface area contributed by atoms with E-state index >= 15 is 0 Å². The SMILES string of the molecule is CCCNC(Cc1cc(F)ccc1F)C1CCCC1. The molecule has 0 amide bonds. The Hall–Kier alpha value is -0.960. The number of hydrogen-bond acceptors (Lipinski definition) is 1. The van der Waals surface area contributed by atoms with E-state index in [1.54, 1.807) is 0 Å². The molecule has 1 aliphatic carbocycles. The van der Waals surface area contributed by atoms with E-state index < -0.39 is 0 Å². The summed E-state index contributed by atoms with van der Waals surface area (Å²) in [5.41, 5.74) is 0.500. The van der Waals surface area contributed by atoms with Crippen LogP contribution in [-0.2, 0) is 6.42 Å². The van der Waals surface area contributed by atoms with Crippen LogP contribution in [0.15, 0.2) is 18.2 Å². The van der Waals surface area contributed by atoms with E-state index in [2.05, 4.69) is 12.2 Å². The highest BCUT2D eigenvalue weighted by Gasteiger charge is 2.25. The topological polar surface area (TPSA) is 12.0 Å². The Labute approximate surface area is 114 Å². The number of rotatable bonds is 6. The van der Waals surface area contributed by atoms with Gasteiger partial charge in [0.15, 0.2) is 0 Å². The minimum atomic E-state index is -0.350. The smallest absolute Gasteiger partial charge is 0.126 e. The van der Waals surface area contributed by atoms with Crippen LogP contribution in [0.4, 0.5) is 8.78 Å². The van der Waals surface area contributed by atoms with Crippen LogP contribution >= 0.6 is 0 Å². The molecule has 106 valence electrons. The molecule has 1 aromatic carbocycles. The zero-order valence-electron chi connectivity index (χ0n) is 11.6. The zero-order valence-corrected chi connectivity index (χ0v) is 11.6. The Bertz CT molecular complexity index is 400. The molecule has 1 saturated carbocycles. The maximum atomic E-state index is 13.7. The van der Waals surface area contributed by atoms with Gasteiger partial charge in [0, 0.05) is 6.04 Å². The third-order valence-electron chi connectivity index (χ3n) is 4.07. The normalized spacial score (nSPS) is 17.8. The molecule has 2 rings (SSSR count). The maximum absolute atomic E-state index is 13.7. The van der Waals surface area contributed by atoms with Gasteiger partial charge in [-0.2, -0.15) is 0 Å². The van der Waals surface area contributed by atoms with Crippen molar-refractivity contribution in [3.63, 3.8) is 0 Å². The number of hydrogen-bond donors (Lipinski definition) is 1. The monoisotopic (exact) mass is 267 g/mol. The molecule has 1 atom stereocenters. The van der Waals surface area contributed by atoms with Crippen LogP contribution in [0.5, 0.6) is 0 Å². The van der Waals surface area contributed by atoms with E-state index in [1.807, 2.05) is 0 Å². The van der Waals surface area contributed by atoms with Gasteiger partial charge in [0.05, 0.1) is 0 Å². The Balaban J connectivity index is 2.07. The van der Waals surface area contributed by atoms with Gasteiger partial charge in [-0.15, -0.1) is 0 Å². The lowest BCUT2D eigenvalue weighted by Crippen LogP contribution is -2.37. The summed E-state index contributed by atoms with van der Waals surface area (Å²) in [5.74, 6) is -0.0334. The van der Waals surface area contributed by atoms with Gasteiger partial charge in [-0.05, 0) is 61.9 Å². The molecule has 1 N–H and O–H groups in total. The molecule has 0 spiro atoms. The Morgan fingerprint density at radius 1 is 1.26 bits per heavy atom. The summed E-state index contributed by atoms with van der Waals surface area (Å²) >= 11 is 0. The first-order chi connectivity index (χ1) is 9.20. The van der Waals surface area contributed by atoms with E-state index in [4.69, 9.17) is 0 Å². The molecule has 0 saturated heterocycles. The van der Waals surface area contributed by atoms with Gasteiger partial charge in [0.1, 0.15) is 11.6 Å². The molecule has 0 aromatic heterocycles. The maximum Gasteiger partial charge on any atom is 0.126 e. The number of benzene rings is 1. The standard InChI is InChI=1S/C16H23F2N/c1-2-9-19-16(12-5-3-4-6-12)11-13-10-14(17)7-8-15(13)18/h7-8,10,12,16,19H,2-6,9,11H2,1H3. The second-order valence-corrected chi connectivity index (χ2v) is 5.55. The molecule has 1 nitrogen and oxygen atoms in total. The average molecular weight is 267 g/mol. The van der Waals surface area contributed by atoms with E-state index in [0.717, 1.165) is 13.0 Å². The summed E-state index contributed by atoms with van der Waals surface area (Å²) in [5, 5.41) is 3.52. The van der Waals surface area contributed by atoms with E-state index in [-0.39, 0.29) is 17.7 Å². The molecule has 0 heterocycles. The highest BCUT2D eigenvalue weighted by atomic mass is 19.1. The molecule has 1 aliphatic rings. The van der Waals surface area contributed by atoms with Crippen molar-refractivity contribution in [3.8, 4) is 0 Å². The summed E-state index contributed by atoms with van der Waals surface area (Å²) in [6.07, 6.45) is 6.60. The second kappa shape index (κ2) is 6.99. The Morgan fingerprint density at radius 3 is 2.68 bits per heavy atom. The van der Waals surface area contributed by atoms with Crippen molar-refractivity contribution in [1.82, 2.24) is 5.32 Å². The highest BCUT2D eigenvalue weighted by molar-refractivity contribution is 5.20. The molecular formula is C16H23F2N. The minimum absolute atomic E-state index is 0.277. The molecule has 0 aliphatic heterocycles. The Kier molecular flexibility index (Phi) is 5.32. The minimum Gasteiger partial charge on any atom is -0.313 e. The lowest BCUT2D eigenvalue weighted by Gasteiger charge is -2.25. The number of halogens is 2. The van der Waals surface area contributed by atoms with Crippen molar-refractivity contribution in [2.45, 2.75) is 51.5 Å². The quantitative estimate of drug-likeness (QED) is 0.819.